The number of fused-ring (bicyclic) bond motifs is 2. The molecule has 0 bridgehead atoms. The van der Waals surface area contributed by atoms with E-state index in [2.05, 4.69) is 28.0 Å². The largest absolute Gasteiger partial charge is 0.464 e. The first kappa shape index (κ1) is 24.9. The van der Waals surface area contributed by atoms with Crippen LogP contribution in [0.4, 0.5) is 0 Å². The Hall–Kier alpha value is -3.26. The molecule has 182 valence electrons. The number of rotatable bonds is 7. The third-order valence-electron chi connectivity index (χ3n) is 6.41. The first-order valence-electron chi connectivity index (χ1n) is 11.8. The molecule has 0 amide bonds. The summed E-state index contributed by atoms with van der Waals surface area (Å²) in [6.07, 6.45) is 2.52. The van der Waals surface area contributed by atoms with Crippen molar-refractivity contribution in [3.8, 4) is 0 Å². The molecule has 0 saturated heterocycles. The van der Waals surface area contributed by atoms with E-state index in [1.54, 1.807) is 19.2 Å². The molecule has 4 rings (SSSR count). The highest BCUT2D eigenvalue weighted by molar-refractivity contribution is 9.10. The molecule has 2 aromatic heterocycles. The monoisotopic (exact) mass is 536 g/mol. The summed E-state index contributed by atoms with van der Waals surface area (Å²) in [4.78, 5) is 30.8. The minimum atomic E-state index is -0.500. The third kappa shape index (κ3) is 4.55. The number of halogens is 1. The van der Waals surface area contributed by atoms with Crippen molar-refractivity contribution in [1.29, 1.82) is 0 Å². The molecule has 2 aromatic carbocycles. The minimum Gasteiger partial charge on any atom is -0.464 e. The highest BCUT2D eigenvalue weighted by atomic mass is 79.9. The number of benzene rings is 2. The van der Waals surface area contributed by atoms with Gasteiger partial charge in [-0.15, -0.1) is 0 Å². The van der Waals surface area contributed by atoms with Crippen molar-refractivity contribution >= 4 is 49.9 Å². The average molecular weight is 537 g/mol. The number of carbonyl (C=O) groups excluding carboxylic acids is 1. The average Bonchev–Trinajstić information content (AvgIpc) is 3.13. The van der Waals surface area contributed by atoms with Gasteiger partial charge in [0.2, 0.25) is 0 Å². The van der Waals surface area contributed by atoms with Gasteiger partial charge in [0.05, 0.1) is 23.7 Å². The second-order valence-electron chi connectivity index (χ2n) is 8.62. The molecule has 0 aliphatic rings. The van der Waals surface area contributed by atoms with Crippen LogP contribution >= 0.6 is 15.9 Å². The number of nitrogens with zero attached hydrogens (tertiary/aromatic N) is 4. The second kappa shape index (κ2) is 10.2. The maximum atomic E-state index is 13.5. The molecule has 2 atom stereocenters. The molecule has 0 unspecified atom stereocenters. The van der Waals surface area contributed by atoms with E-state index < -0.39 is 6.04 Å². The molecule has 35 heavy (non-hydrogen) atoms. The van der Waals surface area contributed by atoms with Gasteiger partial charge in [0, 0.05) is 32.6 Å². The Kier molecular flexibility index (Phi) is 7.21. The second-order valence-corrected chi connectivity index (χ2v) is 9.53. The molecule has 8 heteroatoms. The number of aromatic nitrogens is 3. The Balaban J connectivity index is 1.92. The van der Waals surface area contributed by atoms with Crippen molar-refractivity contribution in [3.05, 3.63) is 74.4 Å². The van der Waals surface area contributed by atoms with E-state index in [1.165, 1.54) is 4.68 Å². The zero-order valence-corrected chi connectivity index (χ0v) is 22.2. The molecule has 4 aromatic rings. The van der Waals surface area contributed by atoms with Crippen LogP contribution in [-0.4, -0.2) is 33.0 Å². The lowest BCUT2D eigenvalue weighted by Gasteiger charge is -2.16. The van der Waals surface area contributed by atoms with Crippen LogP contribution in [0.1, 0.15) is 63.2 Å². The van der Waals surface area contributed by atoms with Crippen LogP contribution in [0, 0.1) is 6.92 Å². The number of ether oxygens (including phenoxy) is 1. The molecular weight excluding hydrogens is 508 g/mol. The van der Waals surface area contributed by atoms with Gasteiger partial charge in [0.1, 0.15) is 11.9 Å². The molecule has 0 fully saturated rings. The fourth-order valence-electron chi connectivity index (χ4n) is 4.34. The van der Waals surface area contributed by atoms with Crippen molar-refractivity contribution in [2.45, 2.75) is 53.0 Å². The SMILES string of the molecule is CCOC(=O)[C@@H](C)n1c(C)c(C=Nn2c([C@H](C)CC)nc3ccc(Br)cc3c2=O)c2ccccc21. The number of para-hydroxylation sites is 1. The van der Waals surface area contributed by atoms with Crippen molar-refractivity contribution in [2.75, 3.05) is 6.61 Å². The quantitative estimate of drug-likeness (QED) is 0.216. The van der Waals surface area contributed by atoms with Gasteiger partial charge in [-0.2, -0.15) is 9.78 Å². The Labute approximate surface area is 212 Å². The lowest BCUT2D eigenvalue weighted by Crippen LogP contribution is -2.24. The lowest BCUT2D eigenvalue weighted by molar-refractivity contribution is -0.146. The van der Waals surface area contributed by atoms with Crippen LogP contribution in [0.25, 0.3) is 21.8 Å². The summed E-state index contributed by atoms with van der Waals surface area (Å²) in [6.45, 7) is 10.00. The molecule has 0 radical (unpaired) electrons. The molecule has 2 heterocycles. The maximum absolute atomic E-state index is 13.5. The fourth-order valence-corrected chi connectivity index (χ4v) is 4.70. The van der Waals surface area contributed by atoms with E-state index in [0.717, 1.165) is 33.1 Å². The summed E-state index contributed by atoms with van der Waals surface area (Å²) >= 11 is 3.45. The Bertz CT molecular complexity index is 1500. The summed E-state index contributed by atoms with van der Waals surface area (Å²) in [6, 6.07) is 12.8. The van der Waals surface area contributed by atoms with E-state index in [9.17, 15) is 9.59 Å². The highest BCUT2D eigenvalue weighted by Crippen LogP contribution is 2.29. The Morgan fingerprint density at radius 3 is 2.63 bits per heavy atom. The zero-order valence-electron chi connectivity index (χ0n) is 20.6. The molecule has 0 spiro atoms. The number of carbonyl (C=O) groups is 1. The zero-order chi connectivity index (χ0) is 25.3. The first-order chi connectivity index (χ1) is 16.8. The summed E-state index contributed by atoms with van der Waals surface area (Å²) in [5.41, 5.74) is 3.04. The van der Waals surface area contributed by atoms with E-state index in [-0.39, 0.29) is 17.4 Å². The van der Waals surface area contributed by atoms with Gasteiger partial charge in [0.15, 0.2) is 0 Å². The van der Waals surface area contributed by atoms with Crippen LogP contribution in [0.5, 0.6) is 0 Å². The predicted octanol–water partition coefficient (Wildman–Crippen LogP) is 5.94. The van der Waals surface area contributed by atoms with Crippen molar-refractivity contribution < 1.29 is 9.53 Å². The van der Waals surface area contributed by atoms with Crippen molar-refractivity contribution in [3.63, 3.8) is 0 Å². The normalized spacial score (nSPS) is 13.5. The van der Waals surface area contributed by atoms with Crippen LogP contribution < -0.4 is 5.56 Å². The minimum absolute atomic E-state index is 0.0409. The molecule has 0 aliphatic carbocycles. The first-order valence-corrected chi connectivity index (χ1v) is 12.6. The third-order valence-corrected chi connectivity index (χ3v) is 6.90. The lowest BCUT2D eigenvalue weighted by atomic mass is 10.1. The molecule has 0 N–H and O–H groups in total. The van der Waals surface area contributed by atoms with Crippen LogP contribution in [0.2, 0.25) is 0 Å². The van der Waals surface area contributed by atoms with Crippen LogP contribution in [0.15, 0.2) is 56.8 Å². The Morgan fingerprint density at radius 1 is 1.17 bits per heavy atom. The van der Waals surface area contributed by atoms with Crippen molar-refractivity contribution in [1.82, 2.24) is 14.2 Å². The van der Waals surface area contributed by atoms with Gasteiger partial charge >= 0.3 is 5.97 Å². The van der Waals surface area contributed by atoms with Crippen LogP contribution in [-0.2, 0) is 9.53 Å². The van der Waals surface area contributed by atoms with Gasteiger partial charge in [-0.05, 0) is 51.5 Å². The van der Waals surface area contributed by atoms with Gasteiger partial charge in [-0.3, -0.25) is 4.79 Å². The summed E-state index contributed by atoms with van der Waals surface area (Å²) in [5, 5.41) is 6.10. The van der Waals surface area contributed by atoms with E-state index in [4.69, 9.17) is 9.72 Å². The standard InChI is InChI=1S/C27H29BrN4O3/c1-6-16(3)25-30-23-13-12-19(28)14-21(23)26(33)32(25)29-15-22-17(4)31(18(5)27(34)35-7-2)24-11-9-8-10-20(22)24/h8-16,18H,6-7H2,1-5H3/t16-,18-/m1/s1. The molecule has 7 nitrogen and oxygen atoms in total. The van der Waals surface area contributed by atoms with E-state index in [1.807, 2.05) is 61.7 Å². The predicted molar refractivity (Wildman–Crippen MR) is 143 cm³/mol. The Morgan fingerprint density at radius 2 is 1.91 bits per heavy atom. The van der Waals surface area contributed by atoms with Crippen LogP contribution in [0.3, 0.4) is 0 Å². The maximum Gasteiger partial charge on any atom is 0.328 e. The topological polar surface area (TPSA) is 78.5 Å². The number of esters is 1. The number of hydrogen-bond donors (Lipinski definition) is 0. The van der Waals surface area contributed by atoms with Gasteiger partial charge < -0.3 is 9.30 Å². The van der Waals surface area contributed by atoms with Gasteiger partial charge in [-0.1, -0.05) is 48.0 Å². The summed E-state index contributed by atoms with van der Waals surface area (Å²) < 4.78 is 9.45. The smallest absolute Gasteiger partial charge is 0.328 e. The highest BCUT2D eigenvalue weighted by Gasteiger charge is 2.23. The number of hydrogen-bond acceptors (Lipinski definition) is 5. The van der Waals surface area contributed by atoms with Crippen molar-refractivity contribution in [2.24, 2.45) is 5.10 Å². The van der Waals surface area contributed by atoms with Gasteiger partial charge in [0.25, 0.3) is 5.56 Å². The summed E-state index contributed by atoms with van der Waals surface area (Å²) in [7, 11) is 0. The fraction of sp³-hybridized carbons (Fsp3) is 0.333. The summed E-state index contributed by atoms with van der Waals surface area (Å²) in [5.74, 6) is 0.364. The molecule has 0 aliphatic heterocycles. The molecular formula is C27H29BrN4O3. The molecule has 0 saturated carbocycles. The van der Waals surface area contributed by atoms with E-state index in [0.29, 0.717) is 23.3 Å². The van der Waals surface area contributed by atoms with E-state index >= 15 is 0 Å². The van der Waals surface area contributed by atoms with Gasteiger partial charge in [-0.25, -0.2) is 9.78 Å².